The number of para-hydroxylation sites is 1. The molecular weight excluding hydrogens is 267 g/mol. The molecule has 0 fully saturated rings. The van der Waals surface area contributed by atoms with Gasteiger partial charge in [-0.15, -0.1) is 0 Å². The number of anilines is 1. The van der Waals surface area contributed by atoms with E-state index in [9.17, 15) is 4.39 Å². The van der Waals surface area contributed by atoms with Gasteiger partial charge in [-0.25, -0.2) is 4.39 Å². The van der Waals surface area contributed by atoms with Crippen molar-refractivity contribution >= 4 is 5.69 Å². The zero-order valence-electron chi connectivity index (χ0n) is 12.1. The highest BCUT2D eigenvalue weighted by Crippen LogP contribution is 2.28. The van der Waals surface area contributed by atoms with Crippen LogP contribution in [0.2, 0.25) is 0 Å². The first-order valence-corrected chi connectivity index (χ1v) is 7.16. The molecule has 0 unspecified atom stereocenters. The van der Waals surface area contributed by atoms with Crippen molar-refractivity contribution in [2.75, 3.05) is 25.1 Å². The summed E-state index contributed by atoms with van der Waals surface area (Å²) in [4.78, 5) is 2.03. The lowest BCUT2D eigenvalue weighted by molar-refractivity contribution is 0.331. The van der Waals surface area contributed by atoms with Crippen molar-refractivity contribution < 1.29 is 9.13 Å². The summed E-state index contributed by atoms with van der Waals surface area (Å²) < 4.78 is 20.1. The van der Waals surface area contributed by atoms with E-state index in [2.05, 4.69) is 5.32 Å². The van der Waals surface area contributed by atoms with Gasteiger partial charge in [0.1, 0.15) is 18.2 Å². The zero-order valence-corrected chi connectivity index (χ0v) is 12.1. The first kappa shape index (κ1) is 13.9. The van der Waals surface area contributed by atoms with E-state index in [0.29, 0.717) is 31.9 Å². The van der Waals surface area contributed by atoms with Gasteiger partial charge in [-0.05, 0) is 30.8 Å². The van der Waals surface area contributed by atoms with E-state index in [-0.39, 0.29) is 5.82 Å². The number of hydrogen-bond donors (Lipinski definition) is 1. The highest BCUT2D eigenvalue weighted by Gasteiger charge is 2.18. The lowest BCUT2D eigenvalue weighted by Crippen LogP contribution is -2.26. The zero-order chi connectivity index (χ0) is 14.7. The first-order chi connectivity index (χ1) is 10.3. The van der Waals surface area contributed by atoms with Crippen LogP contribution in [0.15, 0.2) is 42.5 Å². The molecule has 4 heteroatoms. The van der Waals surface area contributed by atoms with Crippen LogP contribution in [0.3, 0.4) is 0 Å². The Morgan fingerprint density at radius 1 is 1.24 bits per heavy atom. The molecule has 0 aliphatic carbocycles. The van der Waals surface area contributed by atoms with Gasteiger partial charge in [0.15, 0.2) is 0 Å². The van der Waals surface area contributed by atoms with Crippen molar-refractivity contribution in [3.05, 3.63) is 59.4 Å². The smallest absolute Gasteiger partial charge is 0.146 e. The maximum Gasteiger partial charge on any atom is 0.146 e. The molecule has 3 nitrogen and oxygen atoms in total. The fourth-order valence-electron chi connectivity index (χ4n) is 2.65. The number of halogens is 1. The van der Waals surface area contributed by atoms with Crippen molar-refractivity contribution in [3.8, 4) is 5.75 Å². The SMILES string of the molecule is CNCc1ccc(N2CCOc3ccccc3C2)c(F)c1. The molecule has 0 saturated heterocycles. The quantitative estimate of drug-likeness (QED) is 0.939. The number of benzene rings is 2. The molecule has 0 spiro atoms. The summed E-state index contributed by atoms with van der Waals surface area (Å²) in [5.74, 6) is 0.717. The largest absolute Gasteiger partial charge is 0.491 e. The third-order valence-corrected chi connectivity index (χ3v) is 3.69. The summed E-state index contributed by atoms with van der Waals surface area (Å²) in [5, 5.41) is 3.03. The summed E-state index contributed by atoms with van der Waals surface area (Å²) >= 11 is 0. The van der Waals surface area contributed by atoms with Gasteiger partial charge in [0, 0.05) is 18.7 Å². The molecule has 1 heterocycles. The molecule has 3 rings (SSSR count). The summed E-state index contributed by atoms with van der Waals surface area (Å²) in [5.41, 5.74) is 2.68. The molecule has 0 radical (unpaired) electrons. The van der Waals surface area contributed by atoms with Gasteiger partial charge in [0.25, 0.3) is 0 Å². The Labute approximate surface area is 124 Å². The van der Waals surface area contributed by atoms with E-state index in [1.54, 1.807) is 6.07 Å². The van der Waals surface area contributed by atoms with Gasteiger partial charge in [-0.2, -0.15) is 0 Å². The average Bonchev–Trinajstić information content (AvgIpc) is 2.70. The average molecular weight is 286 g/mol. The Kier molecular flexibility index (Phi) is 4.06. The maximum absolute atomic E-state index is 14.4. The van der Waals surface area contributed by atoms with Gasteiger partial charge in [0.2, 0.25) is 0 Å². The second kappa shape index (κ2) is 6.14. The Morgan fingerprint density at radius 2 is 2.10 bits per heavy atom. The molecule has 0 aromatic heterocycles. The Balaban J connectivity index is 1.87. The van der Waals surface area contributed by atoms with Gasteiger partial charge in [-0.3, -0.25) is 0 Å². The standard InChI is InChI=1S/C17H19FN2O/c1-19-11-13-6-7-16(15(18)10-13)20-8-9-21-17-5-3-2-4-14(17)12-20/h2-7,10,19H,8-9,11-12H2,1H3. The molecule has 21 heavy (non-hydrogen) atoms. The lowest BCUT2D eigenvalue weighted by Gasteiger charge is -2.23. The van der Waals surface area contributed by atoms with E-state index in [1.165, 1.54) is 0 Å². The molecule has 1 aliphatic heterocycles. The van der Waals surface area contributed by atoms with Crippen molar-refractivity contribution in [2.45, 2.75) is 13.1 Å². The minimum absolute atomic E-state index is 0.179. The normalized spacial score (nSPS) is 14.3. The van der Waals surface area contributed by atoms with Crippen molar-refractivity contribution in [3.63, 3.8) is 0 Å². The van der Waals surface area contributed by atoms with Gasteiger partial charge >= 0.3 is 0 Å². The van der Waals surface area contributed by atoms with Gasteiger partial charge in [-0.1, -0.05) is 24.3 Å². The van der Waals surface area contributed by atoms with Crippen LogP contribution in [-0.2, 0) is 13.1 Å². The van der Waals surface area contributed by atoms with Crippen LogP contribution in [0.5, 0.6) is 5.75 Å². The number of nitrogens with one attached hydrogen (secondary N) is 1. The number of nitrogens with zero attached hydrogens (tertiary/aromatic N) is 1. The van der Waals surface area contributed by atoms with Crippen molar-refractivity contribution in [1.82, 2.24) is 5.32 Å². The van der Waals surface area contributed by atoms with E-state index in [1.807, 2.05) is 48.3 Å². The van der Waals surface area contributed by atoms with E-state index >= 15 is 0 Å². The van der Waals surface area contributed by atoms with Crippen molar-refractivity contribution in [1.29, 1.82) is 0 Å². The molecule has 0 saturated carbocycles. The second-order valence-corrected chi connectivity index (χ2v) is 5.19. The molecule has 110 valence electrons. The van der Waals surface area contributed by atoms with E-state index < -0.39 is 0 Å². The van der Waals surface area contributed by atoms with E-state index in [0.717, 1.165) is 16.9 Å². The summed E-state index contributed by atoms with van der Waals surface area (Å²) in [6.45, 7) is 2.58. The minimum Gasteiger partial charge on any atom is -0.491 e. The van der Waals surface area contributed by atoms with Gasteiger partial charge < -0.3 is 15.0 Å². The van der Waals surface area contributed by atoms with Crippen LogP contribution in [0.25, 0.3) is 0 Å². The number of fused-ring (bicyclic) bond motifs is 1. The third kappa shape index (κ3) is 3.00. The van der Waals surface area contributed by atoms with Crippen LogP contribution in [0, 0.1) is 5.82 Å². The number of ether oxygens (including phenoxy) is 1. The monoisotopic (exact) mass is 286 g/mol. The fourth-order valence-corrected chi connectivity index (χ4v) is 2.65. The highest BCUT2D eigenvalue weighted by atomic mass is 19.1. The minimum atomic E-state index is -0.179. The van der Waals surface area contributed by atoms with Crippen LogP contribution < -0.4 is 15.0 Å². The van der Waals surface area contributed by atoms with Crippen molar-refractivity contribution in [2.24, 2.45) is 0 Å². The summed E-state index contributed by atoms with van der Waals surface area (Å²) in [7, 11) is 1.86. The molecule has 1 aliphatic rings. The van der Waals surface area contributed by atoms with Crippen LogP contribution in [-0.4, -0.2) is 20.2 Å². The molecule has 1 N–H and O–H groups in total. The lowest BCUT2D eigenvalue weighted by atomic mass is 10.1. The van der Waals surface area contributed by atoms with E-state index in [4.69, 9.17) is 4.74 Å². The Hall–Kier alpha value is -2.07. The Bertz CT molecular complexity index is 630. The third-order valence-electron chi connectivity index (χ3n) is 3.69. The Morgan fingerprint density at radius 3 is 2.90 bits per heavy atom. The summed E-state index contributed by atoms with van der Waals surface area (Å²) in [6.07, 6.45) is 0. The van der Waals surface area contributed by atoms with Crippen LogP contribution in [0.4, 0.5) is 10.1 Å². The maximum atomic E-state index is 14.4. The van der Waals surface area contributed by atoms with Gasteiger partial charge in [0.05, 0.1) is 12.2 Å². The fraction of sp³-hybridized carbons (Fsp3) is 0.294. The van der Waals surface area contributed by atoms with Crippen LogP contribution in [0.1, 0.15) is 11.1 Å². The second-order valence-electron chi connectivity index (χ2n) is 5.19. The topological polar surface area (TPSA) is 24.5 Å². The number of rotatable bonds is 3. The first-order valence-electron chi connectivity index (χ1n) is 7.16. The molecule has 0 amide bonds. The molecule has 0 atom stereocenters. The molecule has 2 aromatic carbocycles. The van der Waals surface area contributed by atoms with Crippen LogP contribution >= 0.6 is 0 Å². The molecule has 0 bridgehead atoms. The summed E-state index contributed by atoms with van der Waals surface area (Å²) in [6, 6.07) is 13.4. The predicted molar refractivity (Wildman–Crippen MR) is 82.2 cm³/mol. The molecular formula is C17H19FN2O. The molecule has 2 aromatic rings. The number of hydrogen-bond acceptors (Lipinski definition) is 3. The highest BCUT2D eigenvalue weighted by molar-refractivity contribution is 5.51. The predicted octanol–water partition coefficient (Wildman–Crippen LogP) is 2.94.